The zero-order valence-corrected chi connectivity index (χ0v) is 8.59. The van der Waals surface area contributed by atoms with Gasteiger partial charge in [0.25, 0.3) is 0 Å². The van der Waals surface area contributed by atoms with Crippen molar-refractivity contribution in [3.05, 3.63) is 22.8 Å². The minimum atomic E-state index is -3.64. The summed E-state index contributed by atoms with van der Waals surface area (Å²) in [6.45, 7) is -6.95. The van der Waals surface area contributed by atoms with E-state index in [1.165, 1.54) is 6.07 Å². The Morgan fingerprint density at radius 3 is 3.50 bits per heavy atom. The van der Waals surface area contributed by atoms with Crippen molar-refractivity contribution in [2.75, 3.05) is 11.4 Å². The summed E-state index contributed by atoms with van der Waals surface area (Å²) in [4.78, 5) is 3.86. The maximum Gasteiger partial charge on any atom is 0.129 e. The lowest BCUT2D eigenvalue weighted by Crippen LogP contribution is -2.37. The molecule has 1 aliphatic heterocycles. The van der Waals surface area contributed by atoms with Crippen LogP contribution >= 0.6 is 15.9 Å². The number of aromatic nitrogens is 1. The van der Waals surface area contributed by atoms with Gasteiger partial charge in [0.05, 0.1) is 1.37 Å². The third-order valence-corrected chi connectivity index (χ3v) is 2.06. The Kier molecular flexibility index (Phi) is 0.913. The number of hydrogen-bond acceptors (Lipinski definition) is 2. The number of nitrogens with zero attached hydrogens (tertiary/aromatic N) is 2. The second-order valence-corrected chi connectivity index (χ2v) is 3.42. The average Bonchev–Trinajstić information content (AvgIpc) is 2.44. The molecule has 0 radical (unpaired) electrons. The Bertz CT molecular complexity index is 717. The van der Waals surface area contributed by atoms with Gasteiger partial charge < -0.3 is 4.90 Å². The lowest BCUT2D eigenvalue weighted by molar-refractivity contribution is 0.481. The van der Waals surface area contributed by atoms with Gasteiger partial charge in [0, 0.05) is 38.3 Å². The molecule has 1 fully saturated rings. The van der Waals surface area contributed by atoms with Crippen molar-refractivity contribution in [2.24, 2.45) is 0 Å². The van der Waals surface area contributed by atoms with Crippen LogP contribution in [0.3, 0.4) is 0 Å². The number of hydrogen-bond donors (Lipinski definition) is 0. The lowest BCUT2D eigenvalue weighted by Gasteiger charge is -2.34. The Labute approximate surface area is 110 Å². The SMILES string of the molecule is [2H]C([2H])([2H])C1([2H])N(c2cc(Br)ccn2)C([2H])([2H])C([2H])([2H])C([2H])([2H])C1([2H])[2H]. The molecule has 1 aromatic rings. The Balaban J connectivity index is 2.97. The third-order valence-electron chi connectivity index (χ3n) is 1.57. The maximum absolute atomic E-state index is 8.41. The first-order valence-corrected chi connectivity index (χ1v) is 4.58. The molecule has 1 aliphatic rings. The fourth-order valence-electron chi connectivity index (χ4n) is 0.974. The molecule has 0 bridgehead atoms. The molecule has 3 heteroatoms. The van der Waals surface area contributed by atoms with Crippen molar-refractivity contribution in [1.82, 2.24) is 4.98 Å². The zero-order chi connectivity index (χ0) is 20.6. The summed E-state index contributed by atoms with van der Waals surface area (Å²) in [6.07, 6.45) is -9.64. The van der Waals surface area contributed by atoms with Crippen LogP contribution in [0.1, 0.15) is 42.4 Å². The Morgan fingerprint density at radius 1 is 1.79 bits per heavy atom. The van der Waals surface area contributed by atoms with Gasteiger partial charge in [0.1, 0.15) is 5.82 Å². The van der Waals surface area contributed by atoms with E-state index in [1.807, 2.05) is 0 Å². The van der Waals surface area contributed by atoms with Crippen LogP contribution in [0.2, 0.25) is 0 Å². The molecule has 2 nitrogen and oxygen atoms in total. The van der Waals surface area contributed by atoms with Gasteiger partial charge in [-0.3, -0.25) is 0 Å². The standard InChI is InChI=1S/C11H15BrN2/c1-9-4-2-3-7-14(9)11-8-10(12)5-6-13-11/h5-6,8-9H,2-4,7H2,1H3/i1D3,2D2,3D2,4D2,7D2,9D. The molecular formula is C11H15BrN2. The molecule has 1 aromatic heterocycles. The average molecular weight is 267 g/mol. The van der Waals surface area contributed by atoms with Crippen LogP contribution in [-0.4, -0.2) is 17.5 Å². The minimum absolute atomic E-state index is 0.0824. The second kappa shape index (κ2) is 4.30. The number of halogens is 1. The van der Waals surface area contributed by atoms with E-state index in [0.717, 1.165) is 12.3 Å². The molecule has 0 aliphatic carbocycles. The van der Waals surface area contributed by atoms with Crippen LogP contribution in [0.15, 0.2) is 22.8 Å². The molecule has 76 valence electrons. The molecule has 14 heavy (non-hydrogen) atoms. The van der Waals surface area contributed by atoms with E-state index in [2.05, 4.69) is 20.9 Å². The first-order chi connectivity index (χ1) is 11.4. The predicted octanol–water partition coefficient (Wildman–Crippen LogP) is 3.22. The van der Waals surface area contributed by atoms with E-state index in [0.29, 0.717) is 4.47 Å². The predicted molar refractivity (Wildman–Crippen MR) is 62.6 cm³/mol. The topological polar surface area (TPSA) is 16.1 Å². The van der Waals surface area contributed by atoms with Gasteiger partial charge in [-0.2, -0.15) is 0 Å². The summed E-state index contributed by atoms with van der Waals surface area (Å²) in [6, 6.07) is -0.973. The van der Waals surface area contributed by atoms with E-state index in [4.69, 9.17) is 16.4 Å². The van der Waals surface area contributed by atoms with Gasteiger partial charge in [-0.25, -0.2) is 4.98 Å². The molecule has 1 saturated heterocycles. The summed E-state index contributed by atoms with van der Waals surface area (Å²) in [5.74, 6) is -0.515. The van der Waals surface area contributed by atoms with E-state index in [1.54, 1.807) is 0 Å². The van der Waals surface area contributed by atoms with Crippen LogP contribution in [0, 0.1) is 0 Å². The van der Waals surface area contributed by atoms with E-state index < -0.39 is 44.3 Å². The Hall–Kier alpha value is -0.570. The molecule has 0 spiro atoms. The highest BCUT2D eigenvalue weighted by atomic mass is 79.9. The smallest absolute Gasteiger partial charge is 0.129 e. The normalized spacial score (nSPS) is 55.6. The van der Waals surface area contributed by atoms with E-state index >= 15 is 0 Å². The number of rotatable bonds is 1. The molecule has 1 atom stereocenters. The van der Waals surface area contributed by atoms with Gasteiger partial charge in [-0.15, -0.1) is 0 Å². The highest BCUT2D eigenvalue weighted by Crippen LogP contribution is 2.24. The number of pyridine rings is 1. The molecule has 0 amide bonds. The van der Waals surface area contributed by atoms with Gasteiger partial charge >= 0.3 is 0 Å². The molecule has 0 saturated carbocycles. The van der Waals surface area contributed by atoms with E-state index in [9.17, 15) is 0 Å². The number of piperidine rings is 1. The quantitative estimate of drug-likeness (QED) is 0.776. The summed E-state index contributed by atoms with van der Waals surface area (Å²) >= 11 is 3.08. The van der Waals surface area contributed by atoms with Crippen molar-refractivity contribution < 1.29 is 16.4 Å². The van der Waals surface area contributed by atoms with Crippen molar-refractivity contribution in [1.29, 1.82) is 0 Å². The lowest BCUT2D eigenvalue weighted by atomic mass is 10.0. The Morgan fingerprint density at radius 2 is 2.71 bits per heavy atom. The van der Waals surface area contributed by atoms with Crippen molar-refractivity contribution in [3.8, 4) is 0 Å². The monoisotopic (exact) mass is 266 g/mol. The molecular weight excluding hydrogens is 240 g/mol. The molecule has 0 N–H and O–H groups in total. The molecule has 2 heterocycles. The summed E-state index contributed by atoms with van der Waals surface area (Å²) in [5.41, 5.74) is 0. The fourth-order valence-corrected chi connectivity index (χ4v) is 1.30. The zero-order valence-electron chi connectivity index (χ0n) is 19.0. The van der Waals surface area contributed by atoms with Crippen LogP contribution < -0.4 is 4.90 Å². The van der Waals surface area contributed by atoms with Gasteiger partial charge in [-0.1, -0.05) is 15.9 Å². The summed E-state index contributed by atoms with van der Waals surface area (Å²) in [5, 5.41) is 0. The highest BCUT2D eigenvalue weighted by molar-refractivity contribution is 9.10. The second-order valence-electron chi connectivity index (χ2n) is 2.50. The van der Waals surface area contributed by atoms with Crippen LogP contribution in [0.5, 0.6) is 0 Å². The summed E-state index contributed by atoms with van der Waals surface area (Å²) < 4.78 is 95.7. The van der Waals surface area contributed by atoms with Gasteiger partial charge in [0.2, 0.25) is 0 Å². The van der Waals surface area contributed by atoms with Crippen LogP contribution in [0.4, 0.5) is 5.82 Å². The first kappa shape index (κ1) is 2.97. The third kappa shape index (κ3) is 2.08. The summed E-state index contributed by atoms with van der Waals surface area (Å²) in [7, 11) is 0. The van der Waals surface area contributed by atoms with Crippen LogP contribution in [0.25, 0.3) is 0 Å². The largest absolute Gasteiger partial charge is 0.354 e. The molecule has 1 unspecified atom stereocenters. The first-order valence-electron chi connectivity index (χ1n) is 9.79. The molecule has 2 rings (SSSR count). The van der Waals surface area contributed by atoms with Crippen molar-refractivity contribution in [2.45, 2.75) is 32.0 Å². The number of anilines is 1. The van der Waals surface area contributed by atoms with Crippen LogP contribution in [-0.2, 0) is 0 Å². The molecule has 0 aromatic carbocycles. The van der Waals surface area contributed by atoms with Gasteiger partial charge in [-0.05, 0) is 38.1 Å². The van der Waals surface area contributed by atoms with Gasteiger partial charge in [0.15, 0.2) is 0 Å². The minimum Gasteiger partial charge on any atom is -0.354 e. The van der Waals surface area contributed by atoms with Crippen molar-refractivity contribution in [3.63, 3.8) is 0 Å². The highest BCUT2D eigenvalue weighted by Gasteiger charge is 2.19. The van der Waals surface area contributed by atoms with E-state index in [-0.39, 0.29) is 4.90 Å². The van der Waals surface area contributed by atoms with Crippen molar-refractivity contribution >= 4 is 21.7 Å². The maximum atomic E-state index is 8.41. The fraction of sp³-hybridized carbons (Fsp3) is 0.545.